The standard InChI is InChI=1S/C16H23N3O2/c1-13(15-6-4-3-5-7-15)17-12-16(21)19-10-8-18(9-11-19)14(2)20/h3-7,13,17H,8-12H2,1-2H3. The molecule has 2 amide bonds. The van der Waals surface area contributed by atoms with Gasteiger partial charge in [0.2, 0.25) is 11.8 Å². The second kappa shape index (κ2) is 7.22. The molecule has 1 N–H and O–H groups in total. The van der Waals surface area contributed by atoms with Crippen molar-refractivity contribution >= 4 is 11.8 Å². The Kier molecular flexibility index (Phi) is 5.33. The van der Waals surface area contributed by atoms with Crippen LogP contribution in [0, 0.1) is 0 Å². The highest BCUT2D eigenvalue weighted by molar-refractivity contribution is 5.79. The van der Waals surface area contributed by atoms with Crippen molar-refractivity contribution < 1.29 is 9.59 Å². The third kappa shape index (κ3) is 4.29. The molecule has 0 spiro atoms. The zero-order chi connectivity index (χ0) is 15.2. The van der Waals surface area contributed by atoms with E-state index in [4.69, 9.17) is 0 Å². The summed E-state index contributed by atoms with van der Waals surface area (Å²) in [5.74, 6) is 0.180. The minimum Gasteiger partial charge on any atom is -0.339 e. The van der Waals surface area contributed by atoms with Crippen LogP contribution in [0.3, 0.4) is 0 Å². The molecule has 0 radical (unpaired) electrons. The normalized spacial score (nSPS) is 16.7. The van der Waals surface area contributed by atoms with Crippen molar-refractivity contribution in [1.82, 2.24) is 15.1 Å². The lowest BCUT2D eigenvalue weighted by Crippen LogP contribution is -2.51. The molecule has 2 rings (SSSR count). The summed E-state index contributed by atoms with van der Waals surface area (Å²) in [5, 5.41) is 3.26. The van der Waals surface area contributed by atoms with Gasteiger partial charge < -0.3 is 15.1 Å². The third-order valence-electron chi connectivity index (χ3n) is 3.94. The second-order valence-electron chi connectivity index (χ2n) is 5.40. The summed E-state index contributed by atoms with van der Waals surface area (Å²) in [5.41, 5.74) is 1.17. The molecule has 1 aromatic carbocycles. The molecule has 5 heteroatoms. The highest BCUT2D eigenvalue weighted by atomic mass is 16.2. The summed E-state index contributed by atoms with van der Waals surface area (Å²) < 4.78 is 0. The molecule has 1 atom stereocenters. The Hall–Kier alpha value is -1.88. The number of hydrogen-bond acceptors (Lipinski definition) is 3. The molecule has 1 heterocycles. The Bertz CT molecular complexity index is 482. The predicted molar refractivity (Wildman–Crippen MR) is 81.7 cm³/mol. The zero-order valence-corrected chi connectivity index (χ0v) is 12.7. The summed E-state index contributed by atoms with van der Waals surface area (Å²) in [6.45, 7) is 6.47. The molecule has 114 valence electrons. The van der Waals surface area contributed by atoms with Crippen molar-refractivity contribution in [2.24, 2.45) is 0 Å². The molecule has 0 aromatic heterocycles. The highest BCUT2D eigenvalue weighted by Gasteiger charge is 2.22. The molecule has 5 nitrogen and oxygen atoms in total. The van der Waals surface area contributed by atoms with Gasteiger partial charge in [0, 0.05) is 39.1 Å². The number of hydrogen-bond donors (Lipinski definition) is 1. The zero-order valence-electron chi connectivity index (χ0n) is 12.7. The summed E-state index contributed by atoms with van der Waals surface area (Å²) in [6, 6.07) is 10.2. The average Bonchev–Trinajstić information content (AvgIpc) is 2.53. The Labute approximate surface area is 125 Å². The second-order valence-corrected chi connectivity index (χ2v) is 5.40. The lowest BCUT2D eigenvalue weighted by Gasteiger charge is -2.34. The van der Waals surface area contributed by atoms with Gasteiger partial charge >= 0.3 is 0 Å². The molecular formula is C16H23N3O2. The quantitative estimate of drug-likeness (QED) is 0.900. The van der Waals surface area contributed by atoms with Gasteiger partial charge in [-0.1, -0.05) is 30.3 Å². The van der Waals surface area contributed by atoms with Gasteiger partial charge in [-0.15, -0.1) is 0 Å². The minimum absolute atomic E-state index is 0.0814. The summed E-state index contributed by atoms with van der Waals surface area (Å²) >= 11 is 0. The first-order valence-electron chi connectivity index (χ1n) is 7.39. The predicted octanol–water partition coefficient (Wildman–Crippen LogP) is 1.03. The maximum absolute atomic E-state index is 12.2. The van der Waals surface area contributed by atoms with E-state index in [2.05, 4.69) is 12.2 Å². The monoisotopic (exact) mass is 289 g/mol. The molecule has 1 aliphatic rings. The van der Waals surface area contributed by atoms with Crippen molar-refractivity contribution in [2.45, 2.75) is 19.9 Å². The molecule has 21 heavy (non-hydrogen) atoms. The van der Waals surface area contributed by atoms with Crippen LogP contribution in [0.1, 0.15) is 25.5 Å². The minimum atomic E-state index is 0.0814. The maximum Gasteiger partial charge on any atom is 0.236 e. The largest absolute Gasteiger partial charge is 0.339 e. The van der Waals surface area contributed by atoms with E-state index in [0.717, 1.165) is 0 Å². The first kappa shape index (κ1) is 15.5. The van der Waals surface area contributed by atoms with Gasteiger partial charge in [0.25, 0.3) is 0 Å². The number of piperazine rings is 1. The van der Waals surface area contributed by atoms with E-state index >= 15 is 0 Å². The van der Waals surface area contributed by atoms with Gasteiger partial charge in [0.05, 0.1) is 6.54 Å². The highest BCUT2D eigenvalue weighted by Crippen LogP contribution is 2.11. The van der Waals surface area contributed by atoms with Crippen molar-refractivity contribution in [3.8, 4) is 0 Å². The fourth-order valence-electron chi connectivity index (χ4n) is 2.48. The van der Waals surface area contributed by atoms with Crippen molar-refractivity contribution in [3.05, 3.63) is 35.9 Å². The topological polar surface area (TPSA) is 52.7 Å². The Morgan fingerprint density at radius 1 is 1.10 bits per heavy atom. The Morgan fingerprint density at radius 3 is 2.24 bits per heavy atom. The van der Waals surface area contributed by atoms with Gasteiger partial charge in [0.1, 0.15) is 0 Å². The van der Waals surface area contributed by atoms with Gasteiger partial charge in [-0.3, -0.25) is 9.59 Å². The van der Waals surface area contributed by atoms with Gasteiger partial charge in [-0.05, 0) is 12.5 Å². The van der Waals surface area contributed by atoms with Crippen LogP contribution in [0.4, 0.5) is 0 Å². The van der Waals surface area contributed by atoms with Crippen molar-refractivity contribution in [1.29, 1.82) is 0 Å². The van der Waals surface area contributed by atoms with Gasteiger partial charge in [-0.2, -0.15) is 0 Å². The fraction of sp³-hybridized carbons (Fsp3) is 0.500. The molecule has 0 bridgehead atoms. The van der Waals surface area contributed by atoms with Gasteiger partial charge in [0.15, 0.2) is 0 Å². The molecule has 1 aliphatic heterocycles. The molecule has 0 saturated carbocycles. The number of nitrogens with one attached hydrogen (secondary N) is 1. The molecular weight excluding hydrogens is 266 g/mol. The van der Waals surface area contributed by atoms with Crippen LogP contribution in [-0.4, -0.2) is 54.3 Å². The molecule has 1 aromatic rings. The SMILES string of the molecule is CC(=O)N1CCN(C(=O)CNC(C)c2ccccc2)CC1. The average molecular weight is 289 g/mol. The van der Waals surface area contributed by atoms with E-state index in [-0.39, 0.29) is 17.9 Å². The van der Waals surface area contributed by atoms with E-state index in [1.807, 2.05) is 35.2 Å². The first-order chi connectivity index (χ1) is 10.1. The summed E-state index contributed by atoms with van der Waals surface area (Å²) in [7, 11) is 0. The number of rotatable bonds is 4. The van der Waals surface area contributed by atoms with Crippen LogP contribution in [0.5, 0.6) is 0 Å². The smallest absolute Gasteiger partial charge is 0.236 e. The van der Waals surface area contributed by atoms with Crippen LogP contribution in [0.25, 0.3) is 0 Å². The van der Waals surface area contributed by atoms with E-state index in [1.54, 1.807) is 11.8 Å². The van der Waals surface area contributed by atoms with Crippen molar-refractivity contribution in [3.63, 3.8) is 0 Å². The molecule has 1 fully saturated rings. The summed E-state index contributed by atoms with van der Waals surface area (Å²) in [4.78, 5) is 27.0. The summed E-state index contributed by atoms with van der Waals surface area (Å²) in [6.07, 6.45) is 0. The molecule has 0 aliphatic carbocycles. The first-order valence-corrected chi connectivity index (χ1v) is 7.39. The van der Waals surface area contributed by atoms with Crippen LogP contribution in [0.15, 0.2) is 30.3 Å². The van der Waals surface area contributed by atoms with Crippen LogP contribution >= 0.6 is 0 Å². The number of nitrogens with zero attached hydrogens (tertiary/aromatic N) is 2. The van der Waals surface area contributed by atoms with E-state index < -0.39 is 0 Å². The van der Waals surface area contributed by atoms with Crippen LogP contribution in [0.2, 0.25) is 0 Å². The third-order valence-corrected chi connectivity index (χ3v) is 3.94. The molecule has 1 saturated heterocycles. The Morgan fingerprint density at radius 2 is 1.67 bits per heavy atom. The van der Waals surface area contributed by atoms with Crippen LogP contribution < -0.4 is 5.32 Å². The number of carbonyl (C=O) groups excluding carboxylic acids is 2. The lowest BCUT2D eigenvalue weighted by atomic mass is 10.1. The van der Waals surface area contributed by atoms with Crippen molar-refractivity contribution in [2.75, 3.05) is 32.7 Å². The molecule has 1 unspecified atom stereocenters. The number of benzene rings is 1. The van der Waals surface area contributed by atoms with E-state index in [1.165, 1.54) is 5.56 Å². The van der Waals surface area contributed by atoms with E-state index in [0.29, 0.717) is 32.7 Å². The lowest BCUT2D eigenvalue weighted by molar-refractivity contribution is -0.137. The fourth-order valence-corrected chi connectivity index (χ4v) is 2.48. The van der Waals surface area contributed by atoms with E-state index in [9.17, 15) is 9.59 Å². The Balaban J connectivity index is 1.76. The number of carbonyl (C=O) groups is 2. The van der Waals surface area contributed by atoms with Gasteiger partial charge in [-0.25, -0.2) is 0 Å². The maximum atomic E-state index is 12.2. The number of amides is 2. The van der Waals surface area contributed by atoms with Crippen LogP contribution in [-0.2, 0) is 9.59 Å².